The summed E-state index contributed by atoms with van der Waals surface area (Å²) in [5, 5.41) is 5.64. The van der Waals surface area contributed by atoms with E-state index in [0.29, 0.717) is 26.8 Å². The van der Waals surface area contributed by atoms with E-state index in [2.05, 4.69) is 20.5 Å². The van der Waals surface area contributed by atoms with Gasteiger partial charge in [-0.05, 0) is 24.6 Å². The Morgan fingerprint density at radius 1 is 0.920 bits per heavy atom. The zero-order valence-corrected chi connectivity index (χ0v) is 15.4. The number of hydrogen-bond acceptors (Lipinski definition) is 4. The largest absolute Gasteiger partial charge is 0.261 e. The van der Waals surface area contributed by atoms with Crippen molar-refractivity contribution in [3.05, 3.63) is 75.4 Å². The van der Waals surface area contributed by atoms with Gasteiger partial charge in [-0.15, -0.1) is 0 Å². The maximum atomic E-state index is 6.10. The average Bonchev–Trinajstić information content (AvgIpc) is 2.62. The van der Waals surface area contributed by atoms with Crippen molar-refractivity contribution in [2.24, 2.45) is 5.10 Å². The molecule has 0 atom stereocenters. The van der Waals surface area contributed by atoms with Crippen LogP contribution in [0.3, 0.4) is 0 Å². The number of anilines is 1. The van der Waals surface area contributed by atoms with Crippen LogP contribution in [0.25, 0.3) is 11.4 Å². The summed E-state index contributed by atoms with van der Waals surface area (Å²) in [5.41, 5.74) is 5.36. The highest BCUT2D eigenvalue weighted by atomic mass is 35.5. The Hall–Kier alpha value is -2.14. The van der Waals surface area contributed by atoms with Crippen LogP contribution in [0.1, 0.15) is 12.5 Å². The summed E-state index contributed by atoms with van der Waals surface area (Å²) >= 11 is 18.1. The molecule has 0 unspecified atom stereocenters. The Labute approximate surface area is 160 Å². The van der Waals surface area contributed by atoms with Gasteiger partial charge in [0.2, 0.25) is 0 Å². The van der Waals surface area contributed by atoms with Crippen molar-refractivity contribution in [3.63, 3.8) is 0 Å². The highest BCUT2D eigenvalue weighted by Gasteiger charge is 2.06. The number of benzene rings is 2. The van der Waals surface area contributed by atoms with Crippen LogP contribution in [0.4, 0.5) is 5.82 Å². The normalized spacial score (nSPS) is 11.4. The molecule has 0 aliphatic carbocycles. The molecule has 1 N–H and O–H groups in total. The van der Waals surface area contributed by atoms with Crippen molar-refractivity contribution in [1.82, 2.24) is 9.97 Å². The summed E-state index contributed by atoms with van der Waals surface area (Å²) in [5.74, 6) is 1.02. The minimum Gasteiger partial charge on any atom is -0.261 e. The van der Waals surface area contributed by atoms with Gasteiger partial charge in [-0.1, -0.05) is 71.2 Å². The van der Waals surface area contributed by atoms with Crippen molar-refractivity contribution >= 4 is 46.3 Å². The van der Waals surface area contributed by atoms with E-state index in [1.165, 1.54) is 0 Å². The van der Waals surface area contributed by atoms with Gasteiger partial charge in [0.05, 0.1) is 15.8 Å². The second-order valence-electron chi connectivity index (χ2n) is 5.20. The lowest BCUT2D eigenvalue weighted by molar-refractivity contribution is 1.14. The first-order valence-electron chi connectivity index (χ1n) is 7.38. The number of nitrogens with zero attached hydrogens (tertiary/aromatic N) is 3. The fraction of sp³-hybridized carbons (Fsp3) is 0.0556. The van der Waals surface area contributed by atoms with E-state index in [1.807, 2.05) is 43.3 Å². The molecule has 7 heteroatoms. The van der Waals surface area contributed by atoms with E-state index in [1.54, 1.807) is 18.2 Å². The fourth-order valence-corrected chi connectivity index (χ4v) is 2.60. The van der Waals surface area contributed by atoms with E-state index in [-0.39, 0.29) is 0 Å². The molecule has 4 nitrogen and oxygen atoms in total. The van der Waals surface area contributed by atoms with Crippen LogP contribution in [0, 0.1) is 0 Å². The zero-order valence-electron chi connectivity index (χ0n) is 13.2. The summed E-state index contributed by atoms with van der Waals surface area (Å²) < 4.78 is 0. The second-order valence-corrected chi connectivity index (χ2v) is 6.41. The van der Waals surface area contributed by atoms with Crippen molar-refractivity contribution in [1.29, 1.82) is 0 Å². The number of nitrogens with one attached hydrogen (secondary N) is 1. The van der Waals surface area contributed by atoms with Gasteiger partial charge in [-0.2, -0.15) is 5.10 Å². The molecule has 0 radical (unpaired) electrons. The monoisotopic (exact) mass is 390 g/mol. The molecule has 0 amide bonds. The Balaban J connectivity index is 1.85. The van der Waals surface area contributed by atoms with Crippen molar-refractivity contribution in [2.45, 2.75) is 6.92 Å². The summed E-state index contributed by atoms with van der Waals surface area (Å²) in [6.07, 6.45) is 0. The topological polar surface area (TPSA) is 50.2 Å². The predicted molar refractivity (Wildman–Crippen MR) is 105 cm³/mol. The van der Waals surface area contributed by atoms with E-state index in [4.69, 9.17) is 34.8 Å². The number of halogens is 3. The summed E-state index contributed by atoms with van der Waals surface area (Å²) in [7, 11) is 0. The molecule has 2 aromatic carbocycles. The highest BCUT2D eigenvalue weighted by Crippen LogP contribution is 2.23. The standard InChI is InChI=1S/C18H13Cl3N4/c1-11(13-7-8-14(19)15(20)9-13)24-25-17-10-16(21)22-18(23-17)12-5-3-2-4-6-12/h2-10H,1H3,(H,22,23,25)/b24-11+. The van der Waals surface area contributed by atoms with E-state index < -0.39 is 0 Å². The van der Waals surface area contributed by atoms with Crippen molar-refractivity contribution in [2.75, 3.05) is 5.43 Å². The van der Waals surface area contributed by atoms with Gasteiger partial charge in [-0.3, -0.25) is 5.43 Å². The van der Waals surface area contributed by atoms with Gasteiger partial charge in [-0.25, -0.2) is 9.97 Å². The molecule has 0 saturated carbocycles. The summed E-state index contributed by atoms with van der Waals surface area (Å²) in [6.45, 7) is 1.85. The van der Waals surface area contributed by atoms with Crippen molar-refractivity contribution < 1.29 is 0 Å². The first-order chi connectivity index (χ1) is 12.0. The minimum atomic E-state index is 0.332. The Morgan fingerprint density at radius 2 is 1.68 bits per heavy atom. The Kier molecular flexibility index (Phi) is 5.53. The first-order valence-corrected chi connectivity index (χ1v) is 8.52. The lowest BCUT2D eigenvalue weighted by atomic mass is 10.1. The molecular formula is C18H13Cl3N4. The van der Waals surface area contributed by atoms with Gasteiger partial charge < -0.3 is 0 Å². The minimum absolute atomic E-state index is 0.332. The van der Waals surface area contributed by atoms with Crippen LogP contribution in [0.2, 0.25) is 15.2 Å². The van der Waals surface area contributed by atoms with Gasteiger partial charge >= 0.3 is 0 Å². The lowest BCUT2D eigenvalue weighted by Crippen LogP contribution is -2.02. The molecule has 0 bridgehead atoms. The van der Waals surface area contributed by atoms with Crippen LogP contribution in [0.15, 0.2) is 59.7 Å². The van der Waals surface area contributed by atoms with Crippen LogP contribution in [-0.4, -0.2) is 15.7 Å². The van der Waals surface area contributed by atoms with E-state index in [0.717, 1.165) is 16.8 Å². The predicted octanol–water partition coefficient (Wildman–Crippen LogP) is 5.94. The Morgan fingerprint density at radius 3 is 2.40 bits per heavy atom. The van der Waals surface area contributed by atoms with E-state index >= 15 is 0 Å². The van der Waals surface area contributed by atoms with Crippen LogP contribution in [0.5, 0.6) is 0 Å². The molecule has 3 aromatic rings. The summed E-state index contributed by atoms with van der Waals surface area (Å²) in [4.78, 5) is 8.68. The molecular weight excluding hydrogens is 379 g/mol. The number of rotatable bonds is 4. The smallest absolute Gasteiger partial charge is 0.163 e. The molecule has 0 aliphatic rings. The third-order valence-corrected chi connectivity index (χ3v) is 4.34. The van der Waals surface area contributed by atoms with Gasteiger partial charge in [0.1, 0.15) is 5.15 Å². The van der Waals surface area contributed by atoms with E-state index in [9.17, 15) is 0 Å². The molecule has 0 aliphatic heterocycles. The zero-order chi connectivity index (χ0) is 17.8. The molecule has 1 heterocycles. The lowest BCUT2D eigenvalue weighted by Gasteiger charge is -2.07. The molecule has 126 valence electrons. The van der Waals surface area contributed by atoms with Crippen LogP contribution < -0.4 is 5.43 Å². The molecule has 0 fully saturated rings. The third-order valence-electron chi connectivity index (χ3n) is 3.40. The molecule has 0 spiro atoms. The SMILES string of the molecule is C/C(=N\Nc1cc(Cl)nc(-c2ccccc2)n1)c1ccc(Cl)c(Cl)c1. The van der Waals surface area contributed by atoms with Crippen molar-refractivity contribution in [3.8, 4) is 11.4 Å². The quantitative estimate of drug-likeness (QED) is 0.340. The molecule has 3 rings (SSSR count). The fourth-order valence-electron chi connectivity index (χ4n) is 2.12. The maximum absolute atomic E-state index is 6.10. The Bertz CT molecular complexity index is 927. The first kappa shape index (κ1) is 17.7. The average molecular weight is 392 g/mol. The maximum Gasteiger partial charge on any atom is 0.163 e. The second kappa shape index (κ2) is 7.83. The highest BCUT2D eigenvalue weighted by molar-refractivity contribution is 6.42. The number of aromatic nitrogens is 2. The number of hydrazone groups is 1. The number of hydrogen-bond donors (Lipinski definition) is 1. The van der Waals surface area contributed by atoms with Gasteiger partial charge in [0, 0.05) is 11.6 Å². The summed E-state index contributed by atoms with van der Waals surface area (Å²) in [6, 6.07) is 16.5. The third kappa shape index (κ3) is 4.48. The molecule has 0 saturated heterocycles. The molecule has 25 heavy (non-hydrogen) atoms. The van der Waals surface area contributed by atoms with Crippen LogP contribution in [-0.2, 0) is 0 Å². The van der Waals surface area contributed by atoms with Gasteiger partial charge in [0.25, 0.3) is 0 Å². The van der Waals surface area contributed by atoms with Crippen LogP contribution >= 0.6 is 34.8 Å². The molecule has 1 aromatic heterocycles. The van der Waals surface area contributed by atoms with Gasteiger partial charge in [0.15, 0.2) is 11.6 Å².